The summed E-state index contributed by atoms with van der Waals surface area (Å²) in [5, 5.41) is 3.53. The van der Waals surface area contributed by atoms with Crippen molar-refractivity contribution in [3.05, 3.63) is 24.3 Å². The molecule has 0 spiro atoms. The number of fused-ring (bicyclic) bond motifs is 1. The van der Waals surface area contributed by atoms with E-state index in [0.29, 0.717) is 37.3 Å². The summed E-state index contributed by atoms with van der Waals surface area (Å²) in [6.07, 6.45) is 7.83. The van der Waals surface area contributed by atoms with Crippen molar-refractivity contribution in [3.63, 3.8) is 0 Å². The highest BCUT2D eigenvalue weighted by Crippen LogP contribution is 2.33. The van der Waals surface area contributed by atoms with Gasteiger partial charge in [-0.25, -0.2) is 8.42 Å². The van der Waals surface area contributed by atoms with Crippen LogP contribution in [0.4, 0.5) is 0 Å². The number of hydrogen-bond acceptors (Lipinski definition) is 5. The van der Waals surface area contributed by atoms with Crippen molar-refractivity contribution in [1.29, 1.82) is 0 Å². The van der Waals surface area contributed by atoms with E-state index >= 15 is 0 Å². The van der Waals surface area contributed by atoms with Gasteiger partial charge in [0, 0.05) is 25.9 Å². The predicted molar refractivity (Wildman–Crippen MR) is 112 cm³/mol. The van der Waals surface area contributed by atoms with Gasteiger partial charge in [0.25, 0.3) is 0 Å². The number of carbonyl (C=O) groups is 1. The lowest BCUT2D eigenvalue weighted by Crippen LogP contribution is -2.44. The lowest BCUT2D eigenvalue weighted by Gasteiger charge is -2.24. The van der Waals surface area contributed by atoms with Gasteiger partial charge < -0.3 is 15.0 Å². The highest BCUT2D eigenvalue weighted by molar-refractivity contribution is 7.90. The van der Waals surface area contributed by atoms with Gasteiger partial charge in [-0.3, -0.25) is 4.79 Å². The lowest BCUT2D eigenvalue weighted by molar-refractivity contribution is -0.132. The van der Waals surface area contributed by atoms with Gasteiger partial charge in [0.15, 0.2) is 9.84 Å². The molecular formula is C20H31ClN2O4S. The maximum atomic E-state index is 12.7. The molecular weight excluding hydrogens is 400 g/mol. The molecule has 158 valence electrons. The van der Waals surface area contributed by atoms with Crippen LogP contribution in [-0.4, -0.2) is 57.8 Å². The number of hydrogen-bond donors (Lipinski definition) is 1. The minimum atomic E-state index is -3.24. The molecule has 3 atom stereocenters. The molecule has 1 N–H and O–H groups in total. The first-order valence-electron chi connectivity index (χ1n) is 9.78. The maximum Gasteiger partial charge on any atom is 0.239 e. The Balaban J connectivity index is 0.00000280. The molecule has 1 aromatic rings. The Bertz CT molecular complexity index is 757. The van der Waals surface area contributed by atoms with Crippen LogP contribution in [-0.2, 0) is 14.6 Å². The van der Waals surface area contributed by atoms with Gasteiger partial charge in [0.2, 0.25) is 5.91 Å². The van der Waals surface area contributed by atoms with Gasteiger partial charge in [-0.15, -0.1) is 12.4 Å². The van der Waals surface area contributed by atoms with Crippen molar-refractivity contribution < 1.29 is 17.9 Å². The molecule has 2 aliphatic rings. The largest absolute Gasteiger partial charge is 0.493 e. The Labute approximate surface area is 174 Å². The molecule has 1 saturated carbocycles. The Morgan fingerprint density at radius 1 is 1.29 bits per heavy atom. The minimum absolute atomic E-state index is 0. The molecule has 0 bridgehead atoms. The number of amides is 1. The van der Waals surface area contributed by atoms with Crippen molar-refractivity contribution in [3.8, 4) is 5.75 Å². The average Bonchev–Trinajstić information content (AvgIpc) is 3.08. The summed E-state index contributed by atoms with van der Waals surface area (Å²) in [5.74, 6) is 1.36. The number of rotatable bonds is 7. The van der Waals surface area contributed by atoms with Crippen LogP contribution < -0.4 is 10.1 Å². The van der Waals surface area contributed by atoms with E-state index in [0.717, 1.165) is 6.42 Å². The third-order valence-corrected chi connectivity index (χ3v) is 6.79. The lowest BCUT2D eigenvalue weighted by atomic mass is 9.85. The van der Waals surface area contributed by atoms with Gasteiger partial charge in [-0.2, -0.15) is 0 Å². The Hall–Kier alpha value is -1.31. The van der Waals surface area contributed by atoms with Crippen molar-refractivity contribution in [2.75, 3.05) is 26.5 Å². The van der Waals surface area contributed by atoms with Crippen molar-refractivity contribution >= 4 is 28.2 Å². The van der Waals surface area contributed by atoms with Crippen molar-refractivity contribution in [2.24, 2.45) is 5.92 Å². The van der Waals surface area contributed by atoms with E-state index in [2.05, 4.69) is 5.32 Å². The number of nitrogens with one attached hydrogen (secondary N) is 1. The number of halogens is 1. The predicted octanol–water partition coefficient (Wildman–Crippen LogP) is 2.66. The Morgan fingerprint density at radius 3 is 2.75 bits per heavy atom. The van der Waals surface area contributed by atoms with E-state index in [1.165, 1.54) is 38.0 Å². The van der Waals surface area contributed by atoms with Crippen LogP contribution in [0, 0.1) is 5.92 Å². The molecule has 8 heteroatoms. The summed E-state index contributed by atoms with van der Waals surface area (Å²) in [5.41, 5.74) is 0. The summed E-state index contributed by atoms with van der Waals surface area (Å²) in [6, 6.07) is 6.98. The SMILES string of the molecule is CN(CCCOc1cccc(S(C)(=O)=O)c1)C(=O)C1CC2CCCCC2N1.Cl. The fourth-order valence-corrected chi connectivity index (χ4v) is 4.83. The monoisotopic (exact) mass is 430 g/mol. The third-order valence-electron chi connectivity index (χ3n) is 5.68. The van der Waals surface area contributed by atoms with Crippen LogP contribution in [0.5, 0.6) is 5.75 Å². The van der Waals surface area contributed by atoms with Crippen molar-refractivity contribution in [2.45, 2.75) is 55.5 Å². The Kier molecular flexibility index (Phi) is 8.16. The molecule has 1 aliphatic carbocycles. The quantitative estimate of drug-likeness (QED) is 0.673. The molecule has 1 saturated heterocycles. The van der Waals surface area contributed by atoms with E-state index in [1.807, 2.05) is 7.05 Å². The number of sulfone groups is 1. The van der Waals surface area contributed by atoms with Crippen LogP contribution in [0.2, 0.25) is 0 Å². The first kappa shape index (κ1) is 23.0. The first-order valence-corrected chi connectivity index (χ1v) is 11.7. The molecule has 3 rings (SSSR count). The van der Waals surface area contributed by atoms with Gasteiger partial charge >= 0.3 is 0 Å². The second-order valence-corrected chi connectivity index (χ2v) is 9.83. The molecule has 2 fully saturated rings. The zero-order valence-corrected chi connectivity index (χ0v) is 18.2. The molecule has 3 unspecified atom stereocenters. The zero-order valence-electron chi connectivity index (χ0n) is 16.6. The van der Waals surface area contributed by atoms with Gasteiger partial charge in [0.05, 0.1) is 17.5 Å². The van der Waals surface area contributed by atoms with Gasteiger partial charge in [-0.05, 0) is 49.8 Å². The number of benzene rings is 1. The summed E-state index contributed by atoms with van der Waals surface area (Å²) < 4.78 is 28.8. The van der Waals surface area contributed by atoms with Crippen LogP contribution >= 0.6 is 12.4 Å². The third kappa shape index (κ3) is 5.84. The van der Waals surface area contributed by atoms with Gasteiger partial charge in [0.1, 0.15) is 5.75 Å². The van der Waals surface area contributed by atoms with E-state index in [1.54, 1.807) is 23.1 Å². The summed E-state index contributed by atoms with van der Waals surface area (Å²) in [6.45, 7) is 1.06. The highest BCUT2D eigenvalue weighted by Gasteiger charge is 2.38. The molecule has 1 heterocycles. The average molecular weight is 431 g/mol. The van der Waals surface area contributed by atoms with Crippen LogP contribution in [0.25, 0.3) is 0 Å². The molecule has 0 radical (unpaired) electrons. The van der Waals surface area contributed by atoms with Crippen LogP contribution in [0.15, 0.2) is 29.2 Å². The highest BCUT2D eigenvalue weighted by atomic mass is 35.5. The normalized spacial score (nSPS) is 24.1. The number of likely N-dealkylation sites (N-methyl/N-ethyl adjacent to an activating group) is 1. The summed E-state index contributed by atoms with van der Waals surface area (Å²) in [4.78, 5) is 14.7. The van der Waals surface area contributed by atoms with Gasteiger partial charge in [-0.1, -0.05) is 18.9 Å². The molecule has 1 aliphatic heterocycles. The summed E-state index contributed by atoms with van der Waals surface area (Å²) in [7, 11) is -1.40. The minimum Gasteiger partial charge on any atom is -0.493 e. The summed E-state index contributed by atoms with van der Waals surface area (Å²) >= 11 is 0. The van der Waals surface area contributed by atoms with Crippen LogP contribution in [0.1, 0.15) is 38.5 Å². The van der Waals surface area contributed by atoms with E-state index in [9.17, 15) is 13.2 Å². The smallest absolute Gasteiger partial charge is 0.239 e. The molecule has 1 aromatic carbocycles. The topological polar surface area (TPSA) is 75.7 Å². The maximum absolute atomic E-state index is 12.7. The fraction of sp³-hybridized carbons (Fsp3) is 0.650. The number of carbonyl (C=O) groups excluding carboxylic acids is 1. The first-order chi connectivity index (χ1) is 12.8. The van der Waals surface area contributed by atoms with E-state index in [-0.39, 0.29) is 29.3 Å². The molecule has 1 amide bonds. The molecule has 6 nitrogen and oxygen atoms in total. The molecule has 28 heavy (non-hydrogen) atoms. The second-order valence-electron chi connectivity index (χ2n) is 7.81. The van der Waals surface area contributed by atoms with Crippen LogP contribution in [0.3, 0.4) is 0 Å². The zero-order chi connectivity index (χ0) is 19.4. The number of nitrogens with zero attached hydrogens (tertiary/aromatic N) is 1. The van der Waals surface area contributed by atoms with E-state index in [4.69, 9.17) is 4.74 Å². The number of ether oxygens (including phenoxy) is 1. The second kappa shape index (κ2) is 9.94. The Morgan fingerprint density at radius 2 is 2.04 bits per heavy atom. The standard InChI is InChI=1S/C20H30N2O4S.ClH/c1-22(20(23)19-13-15-7-3-4-10-18(15)21-19)11-6-12-26-16-8-5-9-17(14-16)27(2,24)25;/h5,8-9,14-15,18-19,21H,3-4,6-7,10-13H2,1-2H3;1H. The molecule has 0 aromatic heterocycles. The van der Waals surface area contributed by atoms with E-state index < -0.39 is 9.84 Å². The van der Waals surface area contributed by atoms with Crippen molar-refractivity contribution in [1.82, 2.24) is 10.2 Å². The fourth-order valence-electron chi connectivity index (χ4n) is 4.17.